The van der Waals surface area contributed by atoms with E-state index >= 15 is 0 Å². The molecule has 0 aliphatic carbocycles. The maximum absolute atomic E-state index is 10.9. The molecule has 0 aliphatic rings. The monoisotopic (exact) mass is 274 g/mol. The van der Waals surface area contributed by atoms with Crippen molar-refractivity contribution >= 4 is 17.4 Å². The zero-order valence-electron chi connectivity index (χ0n) is 10.3. The number of hydrogen-bond acceptors (Lipinski definition) is 5. The van der Waals surface area contributed by atoms with E-state index in [2.05, 4.69) is 5.10 Å². The number of benzene rings is 1. The lowest BCUT2D eigenvalue weighted by Gasteiger charge is -2.02. The van der Waals surface area contributed by atoms with E-state index < -0.39 is 4.92 Å². The van der Waals surface area contributed by atoms with Crippen molar-refractivity contribution in [3.05, 3.63) is 45.6 Å². The summed E-state index contributed by atoms with van der Waals surface area (Å²) >= 11 is 1.37. The van der Waals surface area contributed by atoms with Crippen LogP contribution >= 0.6 is 11.8 Å². The Kier molecular flexibility index (Phi) is 3.53. The first-order valence-corrected chi connectivity index (χ1v) is 6.20. The zero-order chi connectivity index (χ0) is 14.0. The van der Waals surface area contributed by atoms with Crippen LogP contribution in [0, 0.1) is 28.4 Å². The smallest absolute Gasteiger partial charge is 0.262 e. The van der Waals surface area contributed by atoms with Gasteiger partial charge in [0.15, 0.2) is 0 Å². The van der Waals surface area contributed by atoms with Gasteiger partial charge in [0.1, 0.15) is 11.6 Å². The van der Waals surface area contributed by atoms with Gasteiger partial charge >= 0.3 is 0 Å². The van der Waals surface area contributed by atoms with Crippen LogP contribution in [-0.2, 0) is 7.05 Å². The summed E-state index contributed by atoms with van der Waals surface area (Å²) in [5, 5.41) is 24.8. The first-order chi connectivity index (χ1) is 9.01. The quantitative estimate of drug-likeness (QED) is 0.634. The van der Waals surface area contributed by atoms with Crippen molar-refractivity contribution in [3.63, 3.8) is 0 Å². The van der Waals surface area contributed by atoms with Gasteiger partial charge in [0.2, 0.25) is 0 Å². The molecule has 0 bridgehead atoms. The Bertz CT molecular complexity index is 688. The third-order valence-corrected chi connectivity index (χ3v) is 3.55. The molecular formula is C12H10N4O2S. The van der Waals surface area contributed by atoms with E-state index in [0.29, 0.717) is 4.90 Å². The van der Waals surface area contributed by atoms with Crippen LogP contribution in [0.3, 0.4) is 0 Å². The molecule has 0 N–H and O–H groups in total. The topological polar surface area (TPSA) is 84.7 Å². The molecule has 1 aromatic heterocycles. The number of nitriles is 1. The van der Waals surface area contributed by atoms with Crippen molar-refractivity contribution in [2.24, 2.45) is 7.05 Å². The fraction of sp³-hybridized carbons (Fsp3) is 0.167. The molecule has 1 heterocycles. The molecule has 0 spiro atoms. The number of nitrogens with zero attached hydrogens (tertiary/aromatic N) is 4. The predicted octanol–water partition coefficient (Wildman–Crippen LogP) is 2.66. The lowest BCUT2D eigenvalue weighted by molar-refractivity contribution is -0.385. The fourth-order valence-corrected chi connectivity index (χ4v) is 2.57. The molecule has 0 amide bonds. The van der Waals surface area contributed by atoms with E-state index in [-0.39, 0.29) is 11.3 Å². The molecule has 0 fully saturated rings. The largest absolute Gasteiger partial charge is 0.288 e. The number of hydrogen-bond donors (Lipinski definition) is 0. The van der Waals surface area contributed by atoms with Gasteiger partial charge in [0, 0.05) is 18.0 Å². The van der Waals surface area contributed by atoms with Gasteiger partial charge in [-0.3, -0.25) is 14.8 Å². The van der Waals surface area contributed by atoms with Crippen LogP contribution in [0.1, 0.15) is 11.3 Å². The molecule has 0 atom stereocenters. The van der Waals surface area contributed by atoms with Crippen molar-refractivity contribution in [1.29, 1.82) is 5.26 Å². The highest BCUT2D eigenvalue weighted by molar-refractivity contribution is 7.99. The summed E-state index contributed by atoms with van der Waals surface area (Å²) in [4.78, 5) is 11.0. The molecule has 0 saturated heterocycles. The average molecular weight is 274 g/mol. The number of rotatable bonds is 3. The highest BCUT2D eigenvalue weighted by Crippen LogP contribution is 2.31. The maximum Gasteiger partial charge on any atom is 0.288 e. The Morgan fingerprint density at radius 2 is 2.21 bits per heavy atom. The summed E-state index contributed by atoms with van der Waals surface area (Å²) in [6, 6.07) is 8.28. The molecular weight excluding hydrogens is 264 g/mol. The lowest BCUT2D eigenvalue weighted by Crippen LogP contribution is -1.94. The normalized spacial score (nSPS) is 10.2. The molecule has 7 heteroatoms. The van der Waals surface area contributed by atoms with E-state index in [0.717, 1.165) is 10.7 Å². The van der Waals surface area contributed by atoms with Crippen molar-refractivity contribution in [1.82, 2.24) is 9.78 Å². The maximum atomic E-state index is 10.9. The van der Waals surface area contributed by atoms with Gasteiger partial charge in [-0.2, -0.15) is 10.4 Å². The van der Waals surface area contributed by atoms with Crippen LogP contribution in [0.2, 0.25) is 0 Å². The highest BCUT2D eigenvalue weighted by atomic mass is 32.2. The second-order valence-corrected chi connectivity index (χ2v) is 4.99. The third-order valence-electron chi connectivity index (χ3n) is 2.47. The Morgan fingerprint density at radius 1 is 1.47 bits per heavy atom. The van der Waals surface area contributed by atoms with Crippen LogP contribution in [0.5, 0.6) is 0 Å². The minimum atomic E-state index is -0.545. The molecule has 2 aromatic rings. The summed E-state index contributed by atoms with van der Waals surface area (Å²) < 4.78 is 1.71. The van der Waals surface area contributed by atoms with Crippen LogP contribution in [0.4, 0.5) is 5.69 Å². The van der Waals surface area contributed by atoms with Crippen molar-refractivity contribution < 1.29 is 4.92 Å². The zero-order valence-corrected chi connectivity index (χ0v) is 11.1. The number of aryl methyl sites for hydroxylation is 2. The van der Waals surface area contributed by atoms with E-state index in [9.17, 15) is 10.1 Å². The predicted molar refractivity (Wildman–Crippen MR) is 69.9 cm³/mol. The number of aromatic nitrogens is 2. The van der Waals surface area contributed by atoms with Crippen molar-refractivity contribution in [2.75, 3.05) is 0 Å². The molecule has 0 saturated carbocycles. The van der Waals surface area contributed by atoms with Gasteiger partial charge in [-0.05, 0) is 25.1 Å². The number of nitro groups is 1. The minimum Gasteiger partial charge on any atom is -0.262 e. The summed E-state index contributed by atoms with van der Waals surface area (Å²) in [5.74, 6) is 0. The average Bonchev–Trinajstić information content (AvgIpc) is 2.67. The van der Waals surface area contributed by atoms with E-state index in [1.165, 1.54) is 23.9 Å². The van der Waals surface area contributed by atoms with Crippen LogP contribution < -0.4 is 0 Å². The fourth-order valence-electron chi connectivity index (χ4n) is 1.62. The molecule has 0 radical (unpaired) electrons. The summed E-state index contributed by atoms with van der Waals surface area (Å²) in [5.41, 5.74) is 0.773. The van der Waals surface area contributed by atoms with Crippen molar-refractivity contribution in [3.8, 4) is 6.07 Å². The Labute approximate surface area is 113 Å². The minimum absolute atomic E-state index is 0.0653. The van der Waals surface area contributed by atoms with Gasteiger partial charge in [-0.25, -0.2) is 0 Å². The van der Waals surface area contributed by atoms with E-state index in [1.54, 1.807) is 10.7 Å². The van der Waals surface area contributed by atoms with Crippen LogP contribution in [0.15, 0.2) is 34.2 Å². The van der Waals surface area contributed by atoms with Gasteiger partial charge in [0.05, 0.1) is 15.6 Å². The van der Waals surface area contributed by atoms with Gasteiger partial charge < -0.3 is 0 Å². The van der Waals surface area contributed by atoms with Gasteiger partial charge in [0.25, 0.3) is 5.69 Å². The lowest BCUT2D eigenvalue weighted by atomic mass is 10.2. The first kappa shape index (κ1) is 13.1. The highest BCUT2D eigenvalue weighted by Gasteiger charge is 2.15. The van der Waals surface area contributed by atoms with Crippen molar-refractivity contribution in [2.45, 2.75) is 16.8 Å². The van der Waals surface area contributed by atoms with E-state index in [4.69, 9.17) is 5.26 Å². The number of nitro benzene ring substituents is 1. The summed E-state index contributed by atoms with van der Waals surface area (Å²) in [6.45, 7) is 1.88. The molecule has 96 valence electrons. The Balaban J connectivity index is 2.37. The summed E-state index contributed by atoms with van der Waals surface area (Å²) in [7, 11) is 1.81. The molecule has 19 heavy (non-hydrogen) atoms. The third kappa shape index (κ3) is 2.74. The second kappa shape index (κ2) is 5.12. The Morgan fingerprint density at radius 3 is 2.74 bits per heavy atom. The van der Waals surface area contributed by atoms with Gasteiger partial charge in [-0.15, -0.1) is 0 Å². The second-order valence-electron chi connectivity index (χ2n) is 3.90. The Hall–Kier alpha value is -2.33. The van der Waals surface area contributed by atoms with Crippen LogP contribution in [-0.4, -0.2) is 14.7 Å². The molecule has 0 aliphatic heterocycles. The molecule has 6 nitrogen and oxygen atoms in total. The molecule has 0 unspecified atom stereocenters. The van der Waals surface area contributed by atoms with Crippen LogP contribution in [0.25, 0.3) is 0 Å². The molecule has 1 aromatic carbocycles. The van der Waals surface area contributed by atoms with Gasteiger partial charge in [-0.1, -0.05) is 11.8 Å². The standard InChI is InChI=1S/C12H10N4O2S/c1-8-5-12(15(2)14-8)19-10-4-3-9(7-13)11(6-10)16(17)18/h3-6H,1-2H3. The SMILES string of the molecule is Cc1cc(Sc2ccc(C#N)c([N+](=O)[O-])c2)n(C)n1. The first-order valence-electron chi connectivity index (χ1n) is 5.38. The molecule has 2 rings (SSSR count). The summed E-state index contributed by atoms with van der Waals surface area (Å²) in [6.07, 6.45) is 0. The van der Waals surface area contributed by atoms with E-state index in [1.807, 2.05) is 26.1 Å².